The van der Waals surface area contributed by atoms with Crippen LogP contribution in [0.4, 0.5) is 0 Å². The second kappa shape index (κ2) is 28.5. The Labute approximate surface area is 392 Å². The SMILES string of the molecule is CCCN(C)[C@H](C(=O)N[C@H](C(=O)N(C)[C@@H]([C@@H](C)CC)[C@@H](CC(=O)N1CCC[C@H]1[C@H](OC)[C@@H](C)C(=O)N[C@@H](Cc1ccccc1)C(=O)OCCN(CC(=O)O)CC(=O)O)OC)C(C)C)C(C)C. The third kappa shape index (κ3) is 17.2. The number of aliphatic carboxylic acids is 2. The van der Waals surface area contributed by atoms with Gasteiger partial charge in [0, 0.05) is 40.8 Å². The Kier molecular flexibility index (Phi) is 24.8. The number of methoxy groups -OCH3 is 2. The number of ether oxygens (including phenoxy) is 3. The molecule has 4 amide bonds. The standard InChI is InChI=1S/C48H80N6O12/c1-13-22-51(9)42(31(5)6)46(61)50-41(30(3)4)47(62)52(10)43(32(7)14-2)37(64-11)27-38(55)54-23-18-21-36(54)44(65-12)33(8)45(60)49-35(26-34-19-16-15-17-20-34)48(63)66-25-24-53(28-39(56)57)29-40(58)59/h15-17,19-20,30-33,35-37,41-44H,13-14,18,21-29H2,1-12H3,(H,49,60)(H,50,61)(H,56,57)(H,58,59)/t32-,33+,35-,36-,37+,41-,42-,43-,44+/m0/s1. The van der Waals surface area contributed by atoms with Gasteiger partial charge in [0.05, 0.1) is 55.8 Å². The predicted octanol–water partition coefficient (Wildman–Crippen LogP) is 3.16. The smallest absolute Gasteiger partial charge is 0.329 e. The molecule has 374 valence electrons. The fraction of sp³-hybridized carbons (Fsp3) is 0.729. The van der Waals surface area contributed by atoms with Gasteiger partial charge in [0.15, 0.2) is 0 Å². The van der Waals surface area contributed by atoms with Crippen LogP contribution >= 0.6 is 0 Å². The van der Waals surface area contributed by atoms with Crippen molar-refractivity contribution in [1.82, 2.24) is 30.2 Å². The van der Waals surface area contributed by atoms with Gasteiger partial charge < -0.3 is 44.9 Å². The highest BCUT2D eigenvalue weighted by Gasteiger charge is 2.43. The number of nitrogens with zero attached hydrogens (tertiary/aromatic N) is 4. The molecule has 1 heterocycles. The van der Waals surface area contributed by atoms with Gasteiger partial charge in [0.2, 0.25) is 23.6 Å². The number of benzene rings is 1. The predicted molar refractivity (Wildman–Crippen MR) is 249 cm³/mol. The summed E-state index contributed by atoms with van der Waals surface area (Å²) in [6.45, 7) is 15.0. The molecule has 66 heavy (non-hydrogen) atoms. The molecular formula is C48H80N6O12. The number of carboxylic acid groups (broad SMARTS) is 2. The quantitative estimate of drug-likeness (QED) is 0.0815. The van der Waals surface area contributed by atoms with Gasteiger partial charge in [-0.1, -0.05) is 92.1 Å². The van der Waals surface area contributed by atoms with Gasteiger partial charge in [-0.25, -0.2) is 4.79 Å². The highest BCUT2D eigenvalue weighted by atomic mass is 16.5. The Morgan fingerprint density at radius 1 is 0.833 bits per heavy atom. The number of nitrogens with one attached hydrogen (secondary N) is 2. The monoisotopic (exact) mass is 933 g/mol. The van der Waals surface area contributed by atoms with E-state index in [1.165, 1.54) is 14.2 Å². The minimum atomic E-state index is -1.24. The molecule has 0 aromatic heterocycles. The van der Waals surface area contributed by atoms with Gasteiger partial charge in [0.25, 0.3) is 0 Å². The summed E-state index contributed by atoms with van der Waals surface area (Å²) in [6.07, 6.45) is 1.29. The minimum Gasteiger partial charge on any atom is -0.480 e. The van der Waals surface area contributed by atoms with Crippen LogP contribution in [0.15, 0.2) is 30.3 Å². The third-order valence-electron chi connectivity index (χ3n) is 12.7. The molecule has 18 heteroatoms. The average Bonchev–Trinajstić information content (AvgIpc) is 3.74. The molecule has 1 saturated heterocycles. The zero-order chi connectivity index (χ0) is 49.8. The van der Waals surface area contributed by atoms with Crippen LogP contribution in [0.2, 0.25) is 0 Å². The van der Waals surface area contributed by atoms with Crippen LogP contribution in [0.5, 0.6) is 0 Å². The number of likely N-dealkylation sites (N-methyl/N-ethyl adjacent to an activating group) is 2. The number of rotatable bonds is 30. The van der Waals surface area contributed by atoms with Gasteiger partial charge >= 0.3 is 17.9 Å². The normalized spacial score (nSPS) is 17.7. The number of likely N-dealkylation sites (tertiary alicyclic amines) is 1. The first-order valence-electron chi connectivity index (χ1n) is 23.4. The molecule has 0 bridgehead atoms. The Morgan fingerprint density at radius 2 is 1.45 bits per heavy atom. The molecule has 2 rings (SSSR count). The van der Waals surface area contributed by atoms with Crippen LogP contribution in [0, 0.1) is 23.7 Å². The first kappa shape index (κ1) is 57.5. The topological polar surface area (TPSA) is 225 Å². The molecule has 18 nitrogen and oxygen atoms in total. The van der Waals surface area contributed by atoms with Crippen molar-refractivity contribution in [1.29, 1.82) is 0 Å². The van der Waals surface area contributed by atoms with Crippen molar-refractivity contribution < 1.29 is 58.0 Å². The molecule has 0 unspecified atom stereocenters. The maximum atomic E-state index is 14.4. The van der Waals surface area contributed by atoms with Crippen molar-refractivity contribution in [3.63, 3.8) is 0 Å². The van der Waals surface area contributed by atoms with Crippen LogP contribution in [-0.4, -0.2) is 181 Å². The van der Waals surface area contributed by atoms with Crippen molar-refractivity contribution >= 4 is 41.5 Å². The molecule has 1 aromatic rings. The highest BCUT2D eigenvalue weighted by molar-refractivity contribution is 5.90. The number of esters is 1. The summed E-state index contributed by atoms with van der Waals surface area (Å²) in [4.78, 5) is 99.2. The molecule has 0 aliphatic carbocycles. The molecule has 1 aromatic carbocycles. The fourth-order valence-corrected chi connectivity index (χ4v) is 9.10. The van der Waals surface area contributed by atoms with Gasteiger partial charge in [-0.15, -0.1) is 0 Å². The van der Waals surface area contributed by atoms with E-state index in [2.05, 4.69) is 17.6 Å². The van der Waals surface area contributed by atoms with Gasteiger partial charge in [-0.05, 0) is 56.2 Å². The third-order valence-corrected chi connectivity index (χ3v) is 12.7. The molecule has 9 atom stereocenters. The zero-order valence-electron chi connectivity index (χ0n) is 41.5. The van der Waals surface area contributed by atoms with E-state index in [0.29, 0.717) is 25.8 Å². The maximum absolute atomic E-state index is 14.4. The van der Waals surface area contributed by atoms with Crippen LogP contribution in [0.3, 0.4) is 0 Å². The van der Waals surface area contributed by atoms with Crippen LogP contribution in [-0.2, 0) is 54.2 Å². The van der Waals surface area contributed by atoms with Gasteiger partial charge in [0.1, 0.15) is 18.7 Å². The minimum absolute atomic E-state index is 0.0135. The Morgan fingerprint density at radius 3 is 1.97 bits per heavy atom. The maximum Gasteiger partial charge on any atom is 0.329 e. The number of hydrogen-bond donors (Lipinski definition) is 4. The summed E-state index contributed by atoms with van der Waals surface area (Å²) in [5.74, 6) is -5.65. The van der Waals surface area contributed by atoms with Crippen molar-refractivity contribution in [2.24, 2.45) is 23.7 Å². The summed E-state index contributed by atoms with van der Waals surface area (Å²) in [5.41, 5.74) is 0.733. The Bertz CT molecular complexity index is 1700. The van der Waals surface area contributed by atoms with Crippen LogP contribution in [0.1, 0.15) is 93.1 Å². The lowest BCUT2D eigenvalue weighted by molar-refractivity contribution is -0.150. The summed E-state index contributed by atoms with van der Waals surface area (Å²) in [7, 11) is 6.61. The van der Waals surface area contributed by atoms with Crippen molar-refractivity contribution in [2.45, 2.75) is 136 Å². The number of amides is 4. The summed E-state index contributed by atoms with van der Waals surface area (Å²) in [6, 6.07) is 5.56. The van der Waals surface area contributed by atoms with Crippen LogP contribution < -0.4 is 10.6 Å². The van der Waals surface area contributed by atoms with E-state index in [9.17, 15) is 43.8 Å². The first-order valence-corrected chi connectivity index (χ1v) is 23.4. The molecule has 1 aliphatic rings. The number of carbonyl (C=O) groups is 7. The molecular weight excluding hydrogens is 853 g/mol. The van der Waals surface area contributed by atoms with Gasteiger partial charge in [-0.3, -0.25) is 38.6 Å². The Hall–Kier alpha value is -4.65. The first-order chi connectivity index (χ1) is 31.1. The lowest BCUT2D eigenvalue weighted by Gasteiger charge is -2.41. The average molecular weight is 933 g/mol. The van der Waals surface area contributed by atoms with Gasteiger partial charge in [-0.2, -0.15) is 0 Å². The van der Waals surface area contributed by atoms with E-state index >= 15 is 0 Å². The fourth-order valence-electron chi connectivity index (χ4n) is 9.10. The van der Waals surface area contributed by atoms with E-state index in [1.807, 2.05) is 59.6 Å². The summed E-state index contributed by atoms with van der Waals surface area (Å²) >= 11 is 0. The second-order valence-corrected chi connectivity index (χ2v) is 18.4. The number of hydrogen-bond acceptors (Lipinski definition) is 12. The molecule has 4 N–H and O–H groups in total. The number of carbonyl (C=O) groups excluding carboxylic acids is 5. The largest absolute Gasteiger partial charge is 0.480 e. The molecule has 0 spiro atoms. The van der Waals surface area contributed by atoms with Crippen molar-refractivity contribution in [2.75, 3.05) is 67.6 Å². The van der Waals surface area contributed by atoms with E-state index in [0.717, 1.165) is 23.4 Å². The van der Waals surface area contributed by atoms with E-state index in [-0.39, 0.29) is 61.5 Å². The van der Waals surface area contributed by atoms with E-state index in [4.69, 9.17) is 14.2 Å². The highest BCUT2D eigenvalue weighted by Crippen LogP contribution is 2.30. The molecule has 0 saturated carbocycles. The Balaban J connectivity index is 2.31. The lowest BCUT2D eigenvalue weighted by atomic mass is 9.89. The lowest BCUT2D eigenvalue weighted by Crippen LogP contribution is -2.60. The second-order valence-electron chi connectivity index (χ2n) is 18.4. The van der Waals surface area contributed by atoms with E-state index in [1.54, 1.807) is 48.0 Å². The molecule has 1 fully saturated rings. The summed E-state index contributed by atoms with van der Waals surface area (Å²) < 4.78 is 17.5. The van der Waals surface area contributed by atoms with Crippen molar-refractivity contribution in [3.8, 4) is 0 Å². The zero-order valence-corrected chi connectivity index (χ0v) is 41.5. The van der Waals surface area contributed by atoms with Crippen LogP contribution in [0.25, 0.3) is 0 Å². The molecule has 0 radical (unpaired) electrons. The van der Waals surface area contributed by atoms with E-state index < -0.39 is 85.2 Å². The summed E-state index contributed by atoms with van der Waals surface area (Å²) in [5, 5.41) is 24.3. The number of carboxylic acids is 2. The molecule has 1 aliphatic heterocycles. The van der Waals surface area contributed by atoms with Crippen molar-refractivity contribution in [3.05, 3.63) is 35.9 Å².